The summed E-state index contributed by atoms with van der Waals surface area (Å²) in [5.74, 6) is -0.477. The molecule has 1 fully saturated rings. The summed E-state index contributed by atoms with van der Waals surface area (Å²) in [7, 11) is -2.23. The minimum Gasteiger partial charge on any atom is -0.477 e. The van der Waals surface area contributed by atoms with Gasteiger partial charge in [-0.15, -0.1) is 0 Å². The zero-order valence-corrected chi connectivity index (χ0v) is 16.1. The van der Waals surface area contributed by atoms with E-state index in [9.17, 15) is 18.3 Å². The van der Waals surface area contributed by atoms with Crippen LogP contribution in [0.15, 0.2) is 35.4 Å². The molecular weight excluding hydrogens is 368 g/mol. The number of carboxylic acids is 1. The lowest BCUT2D eigenvalue weighted by Crippen LogP contribution is -2.29. The summed E-state index contributed by atoms with van der Waals surface area (Å²) in [4.78, 5) is 22.0. The smallest absolute Gasteiger partial charge is 0.341 e. The van der Waals surface area contributed by atoms with Crippen molar-refractivity contribution < 1.29 is 18.3 Å². The Labute approximate surface area is 158 Å². The Kier molecular flexibility index (Phi) is 5.43. The van der Waals surface area contributed by atoms with Crippen molar-refractivity contribution in [2.45, 2.75) is 31.2 Å². The number of hydrogen-bond acceptors (Lipinski definition) is 6. The van der Waals surface area contributed by atoms with Crippen LogP contribution in [0.3, 0.4) is 0 Å². The first-order valence-electron chi connectivity index (χ1n) is 8.66. The molecule has 2 aromatic rings. The second kappa shape index (κ2) is 7.61. The lowest BCUT2D eigenvalue weighted by Gasteiger charge is -2.20. The van der Waals surface area contributed by atoms with Gasteiger partial charge >= 0.3 is 5.97 Å². The molecule has 0 saturated carbocycles. The minimum absolute atomic E-state index is 0.0321. The Morgan fingerprint density at radius 1 is 1.22 bits per heavy atom. The molecule has 1 aromatic heterocycles. The molecule has 27 heavy (non-hydrogen) atoms. The van der Waals surface area contributed by atoms with Gasteiger partial charge in [0.05, 0.1) is 11.4 Å². The second-order valence-electron chi connectivity index (χ2n) is 6.60. The summed E-state index contributed by atoms with van der Waals surface area (Å²) in [5.41, 5.74) is 1.00. The third-order valence-electron chi connectivity index (χ3n) is 4.55. The van der Waals surface area contributed by atoms with Gasteiger partial charge in [-0.1, -0.05) is 17.7 Å². The molecule has 1 saturated heterocycles. The summed E-state index contributed by atoms with van der Waals surface area (Å²) >= 11 is 0. The SMILES string of the molecule is Cc1ccc(S(=O)(=O)N(C)Cc2ncc(C(=O)O)c(N3CCCC3)n2)cc1. The standard InChI is InChI=1S/C18H22N4O4S/c1-13-5-7-14(8-6-13)27(25,26)21(2)12-16-19-11-15(18(23)24)17(20-16)22-9-3-4-10-22/h5-8,11H,3-4,9-10,12H2,1-2H3,(H,23,24). The Bertz CT molecular complexity index is 938. The maximum atomic E-state index is 12.7. The highest BCUT2D eigenvalue weighted by Gasteiger charge is 2.25. The lowest BCUT2D eigenvalue weighted by molar-refractivity contribution is 0.0696. The number of anilines is 1. The highest BCUT2D eigenvalue weighted by Crippen LogP contribution is 2.23. The maximum Gasteiger partial charge on any atom is 0.341 e. The second-order valence-corrected chi connectivity index (χ2v) is 8.64. The zero-order valence-electron chi connectivity index (χ0n) is 15.3. The topological polar surface area (TPSA) is 104 Å². The zero-order chi connectivity index (χ0) is 19.6. The lowest BCUT2D eigenvalue weighted by atomic mass is 10.2. The van der Waals surface area contributed by atoms with E-state index in [-0.39, 0.29) is 22.8 Å². The van der Waals surface area contributed by atoms with Crippen molar-refractivity contribution in [3.05, 3.63) is 47.4 Å². The van der Waals surface area contributed by atoms with Crippen LogP contribution in [-0.4, -0.2) is 53.9 Å². The van der Waals surface area contributed by atoms with Crippen LogP contribution in [0.2, 0.25) is 0 Å². The number of aromatic nitrogens is 2. The molecular formula is C18H22N4O4S. The molecule has 0 bridgehead atoms. The van der Waals surface area contributed by atoms with Crippen LogP contribution in [-0.2, 0) is 16.6 Å². The number of carbonyl (C=O) groups is 1. The van der Waals surface area contributed by atoms with E-state index in [1.165, 1.54) is 17.5 Å². The normalized spacial score (nSPS) is 14.7. The number of aryl methyl sites for hydroxylation is 1. The van der Waals surface area contributed by atoms with Crippen molar-refractivity contribution in [3.8, 4) is 0 Å². The molecule has 1 aromatic carbocycles. The number of sulfonamides is 1. The van der Waals surface area contributed by atoms with Crippen molar-refractivity contribution in [2.75, 3.05) is 25.0 Å². The summed E-state index contributed by atoms with van der Waals surface area (Å²) in [5, 5.41) is 9.39. The van der Waals surface area contributed by atoms with Gasteiger partial charge in [-0.3, -0.25) is 0 Å². The molecule has 9 heteroatoms. The Morgan fingerprint density at radius 2 is 1.85 bits per heavy atom. The molecule has 0 atom stereocenters. The van der Waals surface area contributed by atoms with Gasteiger partial charge in [0.15, 0.2) is 0 Å². The molecule has 0 spiro atoms. The van der Waals surface area contributed by atoms with Crippen LogP contribution < -0.4 is 4.90 Å². The molecule has 1 N–H and O–H groups in total. The highest BCUT2D eigenvalue weighted by atomic mass is 32.2. The van der Waals surface area contributed by atoms with Crippen molar-refractivity contribution in [3.63, 3.8) is 0 Å². The summed E-state index contributed by atoms with van der Waals surface area (Å²) < 4.78 is 26.6. The number of carboxylic acid groups (broad SMARTS) is 1. The van der Waals surface area contributed by atoms with Crippen LogP contribution >= 0.6 is 0 Å². The van der Waals surface area contributed by atoms with Crippen molar-refractivity contribution in [1.82, 2.24) is 14.3 Å². The fraction of sp³-hybridized carbons (Fsp3) is 0.389. The number of benzene rings is 1. The van der Waals surface area contributed by atoms with E-state index in [1.807, 2.05) is 11.8 Å². The van der Waals surface area contributed by atoms with Crippen LogP contribution in [0.25, 0.3) is 0 Å². The molecule has 8 nitrogen and oxygen atoms in total. The summed E-state index contributed by atoms with van der Waals surface area (Å²) in [6.45, 7) is 3.30. The van der Waals surface area contributed by atoms with Gasteiger partial charge in [-0.2, -0.15) is 4.31 Å². The number of nitrogens with zero attached hydrogens (tertiary/aromatic N) is 4. The van der Waals surface area contributed by atoms with E-state index in [4.69, 9.17) is 0 Å². The molecule has 1 aliphatic rings. The number of rotatable bonds is 6. The predicted molar refractivity (Wildman–Crippen MR) is 100 cm³/mol. The molecule has 1 aliphatic heterocycles. The van der Waals surface area contributed by atoms with E-state index in [1.54, 1.807) is 24.3 Å². The fourth-order valence-electron chi connectivity index (χ4n) is 2.98. The van der Waals surface area contributed by atoms with Crippen LogP contribution in [0, 0.1) is 6.92 Å². The maximum absolute atomic E-state index is 12.7. The van der Waals surface area contributed by atoms with Crippen molar-refractivity contribution in [2.24, 2.45) is 0 Å². The van der Waals surface area contributed by atoms with Gasteiger partial charge in [0, 0.05) is 26.3 Å². The van der Waals surface area contributed by atoms with E-state index < -0.39 is 16.0 Å². The Morgan fingerprint density at radius 3 is 2.44 bits per heavy atom. The van der Waals surface area contributed by atoms with E-state index in [0.29, 0.717) is 5.82 Å². The average molecular weight is 390 g/mol. The average Bonchev–Trinajstić information content (AvgIpc) is 3.16. The van der Waals surface area contributed by atoms with Crippen molar-refractivity contribution in [1.29, 1.82) is 0 Å². The monoisotopic (exact) mass is 390 g/mol. The number of hydrogen-bond donors (Lipinski definition) is 1. The van der Waals surface area contributed by atoms with E-state index in [2.05, 4.69) is 9.97 Å². The molecule has 3 rings (SSSR count). The van der Waals surface area contributed by atoms with Gasteiger partial charge < -0.3 is 10.0 Å². The van der Waals surface area contributed by atoms with Gasteiger partial charge in [0.1, 0.15) is 17.2 Å². The van der Waals surface area contributed by atoms with Crippen LogP contribution in [0.4, 0.5) is 5.82 Å². The Balaban J connectivity index is 1.87. The summed E-state index contributed by atoms with van der Waals surface area (Å²) in [6.07, 6.45) is 3.20. The van der Waals surface area contributed by atoms with E-state index >= 15 is 0 Å². The first kappa shape index (κ1) is 19.2. The largest absolute Gasteiger partial charge is 0.477 e. The molecule has 0 unspecified atom stereocenters. The molecule has 2 heterocycles. The minimum atomic E-state index is -3.69. The highest BCUT2D eigenvalue weighted by molar-refractivity contribution is 7.89. The first-order valence-corrected chi connectivity index (χ1v) is 10.1. The predicted octanol–water partition coefficient (Wildman–Crippen LogP) is 1.90. The molecule has 0 aliphatic carbocycles. The fourth-order valence-corrected chi connectivity index (χ4v) is 4.10. The third kappa shape index (κ3) is 4.09. The first-order chi connectivity index (χ1) is 12.8. The van der Waals surface area contributed by atoms with Gasteiger partial charge in [0.25, 0.3) is 0 Å². The van der Waals surface area contributed by atoms with Crippen LogP contribution in [0.1, 0.15) is 34.6 Å². The van der Waals surface area contributed by atoms with Gasteiger partial charge in [-0.25, -0.2) is 23.2 Å². The van der Waals surface area contributed by atoms with Crippen molar-refractivity contribution >= 4 is 21.8 Å². The molecule has 144 valence electrons. The van der Waals surface area contributed by atoms with Crippen LogP contribution in [0.5, 0.6) is 0 Å². The quantitative estimate of drug-likeness (QED) is 0.803. The third-order valence-corrected chi connectivity index (χ3v) is 6.37. The molecule has 0 radical (unpaired) electrons. The van der Waals surface area contributed by atoms with E-state index in [0.717, 1.165) is 31.5 Å². The summed E-state index contributed by atoms with van der Waals surface area (Å²) in [6, 6.07) is 6.60. The Hall–Kier alpha value is -2.52. The van der Waals surface area contributed by atoms with Gasteiger partial charge in [0.2, 0.25) is 10.0 Å². The van der Waals surface area contributed by atoms with Gasteiger partial charge in [-0.05, 0) is 31.9 Å². The number of aromatic carboxylic acids is 1. The molecule has 0 amide bonds.